The first-order chi connectivity index (χ1) is 15.8. The topological polar surface area (TPSA) is 88.9 Å². The molecule has 0 spiro atoms. The molecule has 0 bridgehead atoms. The van der Waals surface area contributed by atoms with Gasteiger partial charge >= 0.3 is 0 Å². The Morgan fingerprint density at radius 1 is 1.18 bits per heavy atom. The van der Waals surface area contributed by atoms with Crippen molar-refractivity contribution in [1.82, 2.24) is 20.1 Å². The third-order valence-electron chi connectivity index (χ3n) is 4.88. The minimum atomic E-state index is -0.375. The molecule has 0 saturated heterocycles. The summed E-state index contributed by atoms with van der Waals surface area (Å²) in [6, 6.07) is 12.7. The molecule has 7 nitrogen and oxygen atoms in total. The second kappa shape index (κ2) is 11.3. The Kier molecular flexibility index (Phi) is 8.46. The fraction of sp³-hybridized carbons (Fsp3) is 0.250. The lowest BCUT2D eigenvalue weighted by Gasteiger charge is -2.15. The predicted octanol–water partition coefficient (Wildman–Crippen LogP) is 5.07. The first kappa shape index (κ1) is 24.7. The highest BCUT2D eigenvalue weighted by molar-refractivity contribution is 9.10. The second-order valence-corrected chi connectivity index (χ2v) is 9.40. The maximum atomic E-state index is 12.6. The molecule has 0 aliphatic carbocycles. The number of hydrogen-bond donors (Lipinski definition) is 2. The molecular weight excluding hydrogens is 502 g/mol. The van der Waals surface area contributed by atoms with Gasteiger partial charge in [0.05, 0.1) is 11.8 Å². The molecule has 2 aromatic carbocycles. The normalized spacial score (nSPS) is 11.6. The molecule has 172 valence electrons. The minimum absolute atomic E-state index is 0.142. The molecule has 0 aliphatic heterocycles. The van der Waals surface area contributed by atoms with Crippen LogP contribution in [-0.2, 0) is 11.3 Å². The lowest BCUT2D eigenvalue weighted by Crippen LogP contribution is -2.28. The summed E-state index contributed by atoms with van der Waals surface area (Å²) in [7, 11) is 0. The van der Waals surface area contributed by atoms with Crippen LogP contribution in [0.15, 0.2) is 64.7 Å². The van der Waals surface area contributed by atoms with Crippen molar-refractivity contribution in [2.45, 2.75) is 38.5 Å². The number of hydrogen-bond acceptors (Lipinski definition) is 5. The molecule has 33 heavy (non-hydrogen) atoms. The highest BCUT2D eigenvalue weighted by Crippen LogP contribution is 2.23. The van der Waals surface area contributed by atoms with Crippen molar-refractivity contribution in [3.63, 3.8) is 0 Å². The molecular formula is C24H26BrN5O2S. The SMILES string of the molecule is C=CCn1c(SCC(=O)Nc2ccc(Br)c(C)c2)nnc1[C@@H](C)NC(=O)c1ccc(C)cc1. The lowest BCUT2D eigenvalue weighted by molar-refractivity contribution is -0.113. The van der Waals surface area contributed by atoms with Crippen molar-refractivity contribution in [3.05, 3.63) is 82.1 Å². The summed E-state index contributed by atoms with van der Waals surface area (Å²) in [5.74, 6) is 0.446. The second-order valence-electron chi connectivity index (χ2n) is 7.60. The lowest BCUT2D eigenvalue weighted by atomic mass is 10.1. The summed E-state index contributed by atoms with van der Waals surface area (Å²) in [6.07, 6.45) is 1.73. The van der Waals surface area contributed by atoms with Gasteiger partial charge in [0.15, 0.2) is 11.0 Å². The molecule has 2 N–H and O–H groups in total. The maximum absolute atomic E-state index is 12.6. The van der Waals surface area contributed by atoms with Crippen molar-refractivity contribution < 1.29 is 9.59 Å². The molecule has 3 rings (SSSR count). The van der Waals surface area contributed by atoms with Crippen LogP contribution in [0.5, 0.6) is 0 Å². The van der Waals surface area contributed by atoms with Gasteiger partial charge in [0.1, 0.15) is 0 Å². The van der Waals surface area contributed by atoms with E-state index >= 15 is 0 Å². The number of amides is 2. The van der Waals surface area contributed by atoms with Crippen LogP contribution in [-0.4, -0.2) is 32.3 Å². The van der Waals surface area contributed by atoms with Gasteiger partial charge in [-0.05, 0) is 56.7 Å². The largest absolute Gasteiger partial charge is 0.342 e. The number of rotatable bonds is 9. The van der Waals surface area contributed by atoms with Gasteiger partial charge in [-0.3, -0.25) is 9.59 Å². The summed E-state index contributed by atoms with van der Waals surface area (Å²) in [6.45, 7) is 10.1. The predicted molar refractivity (Wildman–Crippen MR) is 136 cm³/mol. The molecule has 0 aliphatic rings. The summed E-state index contributed by atoms with van der Waals surface area (Å²) >= 11 is 4.74. The zero-order valence-electron chi connectivity index (χ0n) is 18.8. The summed E-state index contributed by atoms with van der Waals surface area (Å²) in [5.41, 5.74) is 3.45. The Morgan fingerprint density at radius 2 is 1.91 bits per heavy atom. The molecule has 0 fully saturated rings. The standard InChI is InChI=1S/C24H26BrN5O2S/c1-5-12-30-22(17(4)26-23(32)18-8-6-15(2)7-9-18)28-29-24(30)33-14-21(31)27-19-10-11-20(25)16(3)13-19/h5-11,13,17H,1,12,14H2,2-4H3,(H,26,32)(H,27,31)/t17-/m1/s1. The van der Waals surface area contributed by atoms with Crippen LogP contribution in [0, 0.1) is 13.8 Å². The number of benzene rings is 2. The molecule has 9 heteroatoms. The number of nitrogens with zero attached hydrogens (tertiary/aromatic N) is 3. The van der Waals surface area contributed by atoms with Gasteiger partial charge < -0.3 is 15.2 Å². The van der Waals surface area contributed by atoms with Gasteiger partial charge in [0.2, 0.25) is 5.91 Å². The Labute approximate surface area is 206 Å². The first-order valence-corrected chi connectivity index (χ1v) is 12.2. The summed E-state index contributed by atoms with van der Waals surface area (Å²) < 4.78 is 2.85. The van der Waals surface area contributed by atoms with Crippen LogP contribution in [0.4, 0.5) is 5.69 Å². The third-order valence-corrected chi connectivity index (χ3v) is 6.74. The molecule has 1 aromatic heterocycles. The Bertz CT molecular complexity index is 1160. The van der Waals surface area contributed by atoms with Gasteiger partial charge in [-0.2, -0.15) is 0 Å². The van der Waals surface area contributed by atoms with E-state index in [-0.39, 0.29) is 23.6 Å². The van der Waals surface area contributed by atoms with Crippen LogP contribution in [0.2, 0.25) is 0 Å². The van der Waals surface area contributed by atoms with E-state index in [0.717, 1.165) is 21.3 Å². The molecule has 2 amide bonds. The van der Waals surface area contributed by atoms with Gasteiger partial charge in [-0.15, -0.1) is 16.8 Å². The zero-order chi connectivity index (χ0) is 24.0. The number of aromatic nitrogens is 3. The summed E-state index contributed by atoms with van der Waals surface area (Å²) in [5, 5.41) is 15.0. The molecule has 0 unspecified atom stereocenters. The molecule has 1 atom stereocenters. The monoisotopic (exact) mass is 527 g/mol. The number of nitrogens with one attached hydrogen (secondary N) is 2. The number of allylic oxidation sites excluding steroid dienone is 1. The van der Waals surface area contributed by atoms with E-state index in [9.17, 15) is 9.59 Å². The van der Waals surface area contributed by atoms with Gasteiger partial charge in [-0.1, -0.05) is 51.5 Å². The van der Waals surface area contributed by atoms with Crippen molar-refractivity contribution in [2.75, 3.05) is 11.1 Å². The Hall–Kier alpha value is -2.91. The first-order valence-electron chi connectivity index (χ1n) is 10.4. The molecule has 3 aromatic rings. The number of halogens is 1. The van der Waals surface area contributed by atoms with E-state index in [1.807, 2.05) is 55.7 Å². The molecule has 1 heterocycles. The quantitative estimate of drug-likeness (QED) is 0.299. The summed E-state index contributed by atoms with van der Waals surface area (Å²) in [4.78, 5) is 25.0. The fourth-order valence-electron chi connectivity index (χ4n) is 3.13. The zero-order valence-corrected chi connectivity index (χ0v) is 21.2. The van der Waals surface area contributed by atoms with E-state index in [4.69, 9.17) is 0 Å². The van der Waals surface area contributed by atoms with Crippen LogP contribution in [0.3, 0.4) is 0 Å². The number of anilines is 1. The number of carbonyl (C=O) groups is 2. The van der Waals surface area contributed by atoms with Gasteiger partial charge in [0.25, 0.3) is 5.91 Å². The van der Waals surface area contributed by atoms with Crippen LogP contribution >= 0.6 is 27.7 Å². The third kappa shape index (κ3) is 6.55. The maximum Gasteiger partial charge on any atom is 0.251 e. The highest BCUT2D eigenvalue weighted by atomic mass is 79.9. The molecule has 0 saturated carbocycles. The average molecular weight is 528 g/mol. The number of thioether (sulfide) groups is 1. The fourth-order valence-corrected chi connectivity index (χ4v) is 4.13. The Morgan fingerprint density at radius 3 is 2.58 bits per heavy atom. The smallest absolute Gasteiger partial charge is 0.251 e. The number of aryl methyl sites for hydroxylation is 2. The average Bonchev–Trinajstić information content (AvgIpc) is 3.18. The number of carbonyl (C=O) groups excluding carboxylic acids is 2. The Balaban J connectivity index is 1.65. The van der Waals surface area contributed by atoms with Gasteiger partial charge in [0, 0.05) is 22.3 Å². The van der Waals surface area contributed by atoms with Crippen molar-refractivity contribution in [2.24, 2.45) is 0 Å². The highest BCUT2D eigenvalue weighted by Gasteiger charge is 2.20. The molecule has 0 radical (unpaired) electrons. The van der Waals surface area contributed by atoms with Crippen LogP contribution in [0.1, 0.15) is 40.3 Å². The van der Waals surface area contributed by atoms with E-state index < -0.39 is 0 Å². The van der Waals surface area contributed by atoms with Crippen molar-refractivity contribution in [1.29, 1.82) is 0 Å². The van der Waals surface area contributed by atoms with E-state index in [1.165, 1.54) is 11.8 Å². The minimum Gasteiger partial charge on any atom is -0.342 e. The van der Waals surface area contributed by atoms with E-state index in [0.29, 0.717) is 23.1 Å². The van der Waals surface area contributed by atoms with E-state index in [1.54, 1.807) is 18.2 Å². The van der Waals surface area contributed by atoms with Crippen LogP contribution in [0.25, 0.3) is 0 Å². The van der Waals surface area contributed by atoms with E-state index in [2.05, 4.69) is 43.3 Å². The van der Waals surface area contributed by atoms with Crippen molar-refractivity contribution in [3.8, 4) is 0 Å². The van der Waals surface area contributed by atoms with Crippen LogP contribution < -0.4 is 10.6 Å². The van der Waals surface area contributed by atoms with Crippen molar-refractivity contribution >= 4 is 45.2 Å². The van der Waals surface area contributed by atoms with Gasteiger partial charge in [-0.25, -0.2) is 0 Å².